The zero-order chi connectivity index (χ0) is 10.0. The highest BCUT2D eigenvalue weighted by Crippen LogP contribution is 2.25. The Hall–Kier alpha value is -0.920. The van der Waals surface area contributed by atoms with Gasteiger partial charge in [0.1, 0.15) is 11.6 Å². The van der Waals surface area contributed by atoms with Crippen LogP contribution in [0.5, 0.6) is 0 Å². The molecule has 0 aliphatic rings. The van der Waals surface area contributed by atoms with Gasteiger partial charge >= 0.3 is 0 Å². The molecule has 0 aliphatic carbocycles. The molecule has 0 aromatic heterocycles. The molecule has 1 aromatic carbocycles. The lowest BCUT2D eigenvalue weighted by atomic mass is 9.96. The van der Waals surface area contributed by atoms with Crippen molar-refractivity contribution in [2.24, 2.45) is 0 Å². The van der Waals surface area contributed by atoms with Crippen molar-refractivity contribution in [3.05, 3.63) is 34.9 Å². The lowest BCUT2D eigenvalue weighted by Gasteiger charge is -2.11. The van der Waals surface area contributed by atoms with Gasteiger partial charge in [-0.1, -0.05) is 13.8 Å². The van der Waals surface area contributed by atoms with Crippen LogP contribution in [0.1, 0.15) is 37.3 Å². The summed E-state index contributed by atoms with van der Waals surface area (Å²) in [6.45, 7) is 5.44. The maximum Gasteiger partial charge on any atom is 0.129 e. The quantitative estimate of drug-likeness (QED) is 0.656. The highest BCUT2D eigenvalue weighted by molar-refractivity contribution is 5.27. The van der Waals surface area contributed by atoms with Gasteiger partial charge in [0, 0.05) is 5.56 Å². The molecule has 1 atom stereocenters. The molecule has 0 saturated carbocycles. The van der Waals surface area contributed by atoms with Crippen LogP contribution in [-0.2, 0) is 0 Å². The molecule has 2 heteroatoms. The van der Waals surface area contributed by atoms with Crippen LogP contribution in [0.3, 0.4) is 0 Å². The topological polar surface area (TPSA) is 0 Å². The van der Waals surface area contributed by atoms with Crippen molar-refractivity contribution in [2.45, 2.75) is 33.1 Å². The molecule has 0 bridgehead atoms. The molecule has 0 saturated heterocycles. The van der Waals surface area contributed by atoms with Crippen molar-refractivity contribution >= 4 is 0 Å². The zero-order valence-corrected chi connectivity index (χ0v) is 8.20. The van der Waals surface area contributed by atoms with Crippen molar-refractivity contribution < 1.29 is 8.78 Å². The van der Waals surface area contributed by atoms with Gasteiger partial charge in [0.05, 0.1) is 0 Å². The van der Waals surface area contributed by atoms with Crippen molar-refractivity contribution in [3.63, 3.8) is 0 Å². The first-order valence-electron chi connectivity index (χ1n) is 4.51. The summed E-state index contributed by atoms with van der Waals surface area (Å²) in [6.07, 6.45) is 0.747. The highest BCUT2D eigenvalue weighted by Gasteiger charge is 2.14. The molecule has 0 amide bonds. The third-order valence-electron chi connectivity index (χ3n) is 2.33. The van der Waals surface area contributed by atoms with E-state index in [9.17, 15) is 8.78 Å². The summed E-state index contributed by atoms with van der Waals surface area (Å²) in [6, 6.07) is 2.76. The van der Waals surface area contributed by atoms with E-state index in [1.54, 1.807) is 6.92 Å². The second-order valence-corrected chi connectivity index (χ2v) is 3.45. The Morgan fingerprint density at radius 2 is 1.69 bits per heavy atom. The predicted octanol–water partition coefficient (Wildman–Crippen LogP) is 3.79. The van der Waals surface area contributed by atoms with Crippen LogP contribution in [0.25, 0.3) is 0 Å². The minimum Gasteiger partial charge on any atom is -0.207 e. The third kappa shape index (κ3) is 2.06. The summed E-state index contributed by atoms with van der Waals surface area (Å²) in [4.78, 5) is 0. The van der Waals surface area contributed by atoms with Gasteiger partial charge in [0.15, 0.2) is 0 Å². The molecule has 72 valence electrons. The minimum absolute atomic E-state index is 0.0550. The molecule has 0 aliphatic heterocycles. The van der Waals surface area contributed by atoms with Gasteiger partial charge in [-0.2, -0.15) is 0 Å². The maximum absolute atomic E-state index is 13.3. The molecule has 1 rings (SSSR count). The van der Waals surface area contributed by atoms with E-state index >= 15 is 0 Å². The van der Waals surface area contributed by atoms with E-state index in [0.717, 1.165) is 6.42 Å². The number of rotatable bonds is 2. The van der Waals surface area contributed by atoms with E-state index < -0.39 is 11.6 Å². The van der Waals surface area contributed by atoms with E-state index in [2.05, 4.69) is 0 Å². The lowest BCUT2D eigenvalue weighted by Crippen LogP contribution is -2.01. The fourth-order valence-electron chi connectivity index (χ4n) is 1.39. The van der Waals surface area contributed by atoms with E-state index in [1.807, 2.05) is 13.8 Å². The molecule has 0 spiro atoms. The Morgan fingerprint density at radius 3 is 2.08 bits per heavy atom. The van der Waals surface area contributed by atoms with Crippen LogP contribution in [0.4, 0.5) is 8.78 Å². The molecule has 0 fully saturated rings. The monoisotopic (exact) mass is 184 g/mol. The van der Waals surface area contributed by atoms with Gasteiger partial charge in [-0.25, -0.2) is 8.78 Å². The third-order valence-corrected chi connectivity index (χ3v) is 2.33. The largest absolute Gasteiger partial charge is 0.207 e. The van der Waals surface area contributed by atoms with E-state index in [0.29, 0.717) is 5.56 Å². The summed E-state index contributed by atoms with van der Waals surface area (Å²) in [5, 5.41) is 0. The van der Waals surface area contributed by atoms with Gasteiger partial charge in [-0.05, 0) is 37.0 Å². The van der Waals surface area contributed by atoms with Crippen LogP contribution in [0.2, 0.25) is 0 Å². The molecular formula is C11H14F2. The molecule has 0 N–H and O–H groups in total. The average molecular weight is 184 g/mol. The summed E-state index contributed by atoms with van der Waals surface area (Å²) in [5.41, 5.74) is 0.843. The van der Waals surface area contributed by atoms with Crippen LogP contribution in [0.15, 0.2) is 12.1 Å². The van der Waals surface area contributed by atoms with Gasteiger partial charge in [0.2, 0.25) is 0 Å². The molecular weight excluding hydrogens is 170 g/mol. The van der Waals surface area contributed by atoms with Crippen LogP contribution in [-0.4, -0.2) is 0 Å². The van der Waals surface area contributed by atoms with Gasteiger partial charge in [-0.15, -0.1) is 0 Å². The number of aryl methyl sites for hydroxylation is 1. The SMILES string of the molecule is CCC(C)c1c(F)cc(C)cc1F. The normalized spacial score (nSPS) is 13.0. The Labute approximate surface area is 77.6 Å². The Morgan fingerprint density at radius 1 is 1.23 bits per heavy atom. The minimum atomic E-state index is -0.424. The standard InChI is InChI=1S/C11H14F2/c1-4-8(3)11-9(12)5-7(2)6-10(11)13/h5-6,8H,4H2,1-3H3. The summed E-state index contributed by atoms with van der Waals surface area (Å²) in [7, 11) is 0. The molecule has 0 radical (unpaired) electrons. The second kappa shape index (κ2) is 3.86. The van der Waals surface area contributed by atoms with E-state index in [-0.39, 0.29) is 11.5 Å². The molecule has 1 aromatic rings. The van der Waals surface area contributed by atoms with E-state index in [4.69, 9.17) is 0 Å². The van der Waals surface area contributed by atoms with Crippen molar-refractivity contribution in [1.82, 2.24) is 0 Å². The molecule has 0 nitrogen and oxygen atoms in total. The molecule has 0 heterocycles. The highest BCUT2D eigenvalue weighted by atomic mass is 19.1. The lowest BCUT2D eigenvalue weighted by molar-refractivity contribution is 0.526. The Kier molecular flexibility index (Phi) is 3.02. The number of hydrogen-bond acceptors (Lipinski definition) is 0. The van der Waals surface area contributed by atoms with Gasteiger partial charge in [-0.3, -0.25) is 0 Å². The summed E-state index contributed by atoms with van der Waals surface area (Å²) < 4.78 is 26.6. The van der Waals surface area contributed by atoms with Crippen molar-refractivity contribution in [3.8, 4) is 0 Å². The number of halogens is 2. The van der Waals surface area contributed by atoms with Crippen LogP contribution >= 0.6 is 0 Å². The zero-order valence-electron chi connectivity index (χ0n) is 8.20. The van der Waals surface area contributed by atoms with Crippen LogP contribution in [0, 0.1) is 18.6 Å². The predicted molar refractivity (Wildman–Crippen MR) is 49.8 cm³/mol. The van der Waals surface area contributed by atoms with Gasteiger partial charge < -0.3 is 0 Å². The first kappa shape index (κ1) is 10.2. The first-order valence-corrected chi connectivity index (χ1v) is 4.51. The average Bonchev–Trinajstić information content (AvgIpc) is 2.02. The van der Waals surface area contributed by atoms with Crippen molar-refractivity contribution in [1.29, 1.82) is 0 Å². The second-order valence-electron chi connectivity index (χ2n) is 3.45. The van der Waals surface area contributed by atoms with Crippen LogP contribution < -0.4 is 0 Å². The Bertz CT molecular complexity index is 282. The Balaban J connectivity index is 3.20. The fourth-order valence-corrected chi connectivity index (χ4v) is 1.39. The summed E-state index contributed by atoms with van der Waals surface area (Å²) >= 11 is 0. The van der Waals surface area contributed by atoms with Gasteiger partial charge in [0.25, 0.3) is 0 Å². The van der Waals surface area contributed by atoms with Crippen molar-refractivity contribution in [2.75, 3.05) is 0 Å². The van der Waals surface area contributed by atoms with E-state index in [1.165, 1.54) is 12.1 Å². The number of benzene rings is 1. The number of hydrogen-bond donors (Lipinski definition) is 0. The fraction of sp³-hybridized carbons (Fsp3) is 0.455. The molecule has 1 unspecified atom stereocenters. The molecule has 13 heavy (non-hydrogen) atoms. The smallest absolute Gasteiger partial charge is 0.129 e. The maximum atomic E-state index is 13.3. The first-order chi connectivity index (χ1) is 6.06. The summed E-state index contributed by atoms with van der Waals surface area (Å²) in [5.74, 6) is -0.903.